The summed E-state index contributed by atoms with van der Waals surface area (Å²) in [5, 5.41) is 21.3. The molecule has 0 saturated carbocycles. The van der Waals surface area contributed by atoms with Crippen LogP contribution in [0.2, 0.25) is 0 Å². The van der Waals surface area contributed by atoms with E-state index < -0.39 is 53.4 Å². The van der Waals surface area contributed by atoms with Gasteiger partial charge in [0.05, 0.1) is 6.04 Å². The number of nitriles is 1. The Bertz CT molecular complexity index is 1120. The van der Waals surface area contributed by atoms with Gasteiger partial charge >= 0.3 is 6.18 Å². The second-order valence-electron chi connectivity index (χ2n) is 7.81. The van der Waals surface area contributed by atoms with Crippen molar-refractivity contribution < 1.29 is 23.1 Å². The maximum absolute atomic E-state index is 13.4. The Morgan fingerprint density at radius 1 is 1.19 bits per heavy atom. The van der Waals surface area contributed by atoms with Crippen molar-refractivity contribution in [1.82, 2.24) is 9.58 Å². The molecule has 1 aromatic heterocycles. The van der Waals surface area contributed by atoms with Crippen LogP contribution in [0.15, 0.2) is 41.3 Å². The van der Waals surface area contributed by atoms with Crippen LogP contribution < -0.4 is 10.4 Å². The minimum Gasteiger partial charge on any atom is -0.502 e. The van der Waals surface area contributed by atoms with Crippen LogP contribution in [0.25, 0.3) is 0 Å². The first kappa shape index (κ1) is 20.8. The fraction of sp³-hybridized carbons (Fsp3) is 0.381. The molecule has 1 fully saturated rings. The minimum absolute atomic E-state index is 0.227. The van der Waals surface area contributed by atoms with Gasteiger partial charge in [-0.15, -0.1) is 0 Å². The third-order valence-corrected chi connectivity index (χ3v) is 5.97. The van der Waals surface area contributed by atoms with Gasteiger partial charge in [-0.1, -0.05) is 30.3 Å². The number of rotatable bonds is 2. The predicted octanol–water partition coefficient (Wildman–Crippen LogP) is 2.88. The number of benzene rings is 1. The SMILES string of the molecule is CN1C(=O)c2c(O)c(=O)c(C#N)cn2N2C(c3ccccc3)C(CC(F)(F)F)CCC12. The molecular formula is C21H19F3N4O3. The highest BCUT2D eigenvalue weighted by Crippen LogP contribution is 2.45. The summed E-state index contributed by atoms with van der Waals surface area (Å²) in [6.07, 6.45) is -4.41. The van der Waals surface area contributed by atoms with Crippen LogP contribution in [-0.2, 0) is 0 Å². The molecule has 3 heterocycles. The molecule has 1 amide bonds. The first-order chi connectivity index (χ1) is 14.6. The monoisotopic (exact) mass is 432 g/mol. The van der Waals surface area contributed by atoms with E-state index in [1.165, 1.54) is 16.6 Å². The number of alkyl halides is 3. The van der Waals surface area contributed by atoms with Crippen LogP contribution in [0, 0.1) is 17.2 Å². The molecule has 3 atom stereocenters. The van der Waals surface area contributed by atoms with Crippen LogP contribution in [0.5, 0.6) is 5.75 Å². The number of carbonyl (C=O) groups excluding carboxylic acids is 1. The van der Waals surface area contributed by atoms with Crippen LogP contribution in [0.3, 0.4) is 0 Å². The highest BCUT2D eigenvalue weighted by atomic mass is 19.4. The summed E-state index contributed by atoms with van der Waals surface area (Å²) in [5.74, 6) is -2.36. The van der Waals surface area contributed by atoms with E-state index in [-0.39, 0.29) is 18.5 Å². The van der Waals surface area contributed by atoms with Gasteiger partial charge in [0.1, 0.15) is 17.8 Å². The lowest BCUT2D eigenvalue weighted by atomic mass is 9.81. The number of piperidine rings is 1. The summed E-state index contributed by atoms with van der Waals surface area (Å²) in [5.41, 5.74) is -1.15. The maximum atomic E-state index is 13.4. The van der Waals surface area contributed by atoms with E-state index in [0.717, 1.165) is 6.20 Å². The second kappa shape index (κ2) is 7.34. The Morgan fingerprint density at radius 2 is 1.87 bits per heavy atom. The molecule has 2 aliphatic heterocycles. The van der Waals surface area contributed by atoms with E-state index in [1.54, 1.807) is 41.4 Å². The summed E-state index contributed by atoms with van der Waals surface area (Å²) in [6.45, 7) is 0. The summed E-state index contributed by atoms with van der Waals surface area (Å²) >= 11 is 0. The number of hydrogen-bond acceptors (Lipinski definition) is 5. The van der Waals surface area contributed by atoms with Gasteiger partial charge in [0.2, 0.25) is 5.43 Å². The number of hydrogen-bond donors (Lipinski definition) is 1. The Labute approximate surface area is 175 Å². The molecule has 0 radical (unpaired) electrons. The summed E-state index contributed by atoms with van der Waals surface area (Å²) in [7, 11) is 1.48. The zero-order valence-corrected chi connectivity index (χ0v) is 16.5. The van der Waals surface area contributed by atoms with Crippen LogP contribution in [0.1, 0.15) is 46.9 Å². The zero-order chi connectivity index (χ0) is 22.5. The fourth-order valence-electron chi connectivity index (χ4n) is 4.64. The summed E-state index contributed by atoms with van der Waals surface area (Å²) in [4.78, 5) is 26.5. The topological polar surface area (TPSA) is 89.6 Å². The van der Waals surface area contributed by atoms with Crippen molar-refractivity contribution in [3.8, 4) is 11.8 Å². The number of amides is 1. The molecule has 3 unspecified atom stereocenters. The van der Waals surface area contributed by atoms with E-state index in [0.29, 0.717) is 5.56 Å². The summed E-state index contributed by atoms with van der Waals surface area (Å²) in [6, 6.07) is 9.48. The normalized spacial score (nSPS) is 23.2. The number of pyridine rings is 1. The maximum Gasteiger partial charge on any atom is 0.389 e. The van der Waals surface area contributed by atoms with Gasteiger partial charge in [-0.25, -0.2) is 0 Å². The van der Waals surface area contributed by atoms with Crippen LogP contribution in [0.4, 0.5) is 13.2 Å². The van der Waals surface area contributed by atoms with Gasteiger partial charge in [-0.05, 0) is 24.3 Å². The zero-order valence-electron chi connectivity index (χ0n) is 16.5. The highest BCUT2D eigenvalue weighted by molar-refractivity contribution is 5.96. The smallest absolute Gasteiger partial charge is 0.389 e. The highest BCUT2D eigenvalue weighted by Gasteiger charge is 2.49. The number of halogens is 3. The van der Waals surface area contributed by atoms with Gasteiger partial charge < -0.3 is 10.0 Å². The van der Waals surface area contributed by atoms with Gasteiger partial charge in [0.25, 0.3) is 5.91 Å². The molecule has 2 aliphatic rings. The Hall–Kier alpha value is -3.48. The van der Waals surface area contributed by atoms with Crippen LogP contribution >= 0.6 is 0 Å². The lowest BCUT2D eigenvalue weighted by molar-refractivity contribution is -0.149. The van der Waals surface area contributed by atoms with Gasteiger partial charge in [0, 0.05) is 19.7 Å². The van der Waals surface area contributed by atoms with E-state index in [1.807, 2.05) is 0 Å². The molecule has 162 valence electrons. The Kier molecular flexibility index (Phi) is 4.92. The number of fused-ring (bicyclic) bond motifs is 3. The number of carbonyl (C=O) groups is 1. The molecule has 1 aromatic carbocycles. The van der Waals surface area contributed by atoms with Crippen molar-refractivity contribution in [3.05, 3.63) is 63.6 Å². The van der Waals surface area contributed by atoms with Crippen molar-refractivity contribution in [3.63, 3.8) is 0 Å². The van der Waals surface area contributed by atoms with Gasteiger partial charge in [0.15, 0.2) is 11.4 Å². The largest absolute Gasteiger partial charge is 0.502 e. The lowest BCUT2D eigenvalue weighted by Gasteiger charge is -2.54. The quantitative estimate of drug-likeness (QED) is 0.788. The molecule has 31 heavy (non-hydrogen) atoms. The molecule has 2 aromatic rings. The van der Waals surface area contributed by atoms with E-state index in [4.69, 9.17) is 0 Å². The lowest BCUT2D eigenvalue weighted by Crippen LogP contribution is -2.64. The van der Waals surface area contributed by atoms with Crippen LogP contribution in [-0.4, -0.2) is 40.0 Å². The fourth-order valence-corrected chi connectivity index (χ4v) is 4.64. The second-order valence-corrected chi connectivity index (χ2v) is 7.81. The molecule has 4 rings (SSSR count). The Morgan fingerprint density at radius 3 is 2.48 bits per heavy atom. The third kappa shape index (κ3) is 3.40. The van der Waals surface area contributed by atoms with Crippen molar-refractivity contribution >= 4 is 5.91 Å². The average Bonchev–Trinajstić information content (AvgIpc) is 2.73. The minimum atomic E-state index is -4.39. The van der Waals surface area contributed by atoms with Gasteiger partial charge in [-0.3, -0.25) is 19.3 Å². The average molecular weight is 432 g/mol. The third-order valence-electron chi connectivity index (χ3n) is 5.97. The number of aromatic hydroxyl groups is 1. The van der Waals surface area contributed by atoms with Crippen molar-refractivity contribution in [2.45, 2.75) is 37.6 Å². The molecule has 1 N–H and O–H groups in total. The van der Waals surface area contributed by atoms with Crippen molar-refractivity contribution in [1.29, 1.82) is 5.26 Å². The molecule has 10 heteroatoms. The molecule has 0 spiro atoms. The standard InChI is InChI=1S/C21H19F3N4O3/c1-26-15-8-7-13(9-21(22,23)24)16(12-5-3-2-4-6-12)28(15)27-11-14(10-25)18(29)19(30)17(27)20(26)31/h2-6,11,13,15-16,30H,7-9H2,1H3. The Balaban J connectivity index is 1.97. The molecule has 0 aliphatic carbocycles. The summed E-state index contributed by atoms with van der Waals surface area (Å²) < 4.78 is 41.4. The molecule has 0 bridgehead atoms. The first-order valence-corrected chi connectivity index (χ1v) is 9.70. The van der Waals surface area contributed by atoms with Crippen molar-refractivity contribution in [2.75, 3.05) is 12.1 Å². The van der Waals surface area contributed by atoms with E-state index in [9.17, 15) is 33.1 Å². The van der Waals surface area contributed by atoms with E-state index >= 15 is 0 Å². The van der Waals surface area contributed by atoms with E-state index in [2.05, 4.69) is 0 Å². The molecule has 1 saturated heterocycles. The van der Waals surface area contributed by atoms with Gasteiger partial charge in [-0.2, -0.15) is 18.4 Å². The number of nitrogens with zero attached hydrogens (tertiary/aromatic N) is 4. The first-order valence-electron chi connectivity index (χ1n) is 9.70. The number of aromatic nitrogens is 1. The molecular weight excluding hydrogens is 413 g/mol. The predicted molar refractivity (Wildman–Crippen MR) is 104 cm³/mol. The molecule has 7 nitrogen and oxygen atoms in total. The van der Waals surface area contributed by atoms with Crippen molar-refractivity contribution in [2.24, 2.45) is 5.92 Å².